The van der Waals surface area contributed by atoms with Crippen molar-refractivity contribution in [3.8, 4) is 5.75 Å². The number of nitrogens with zero attached hydrogens (tertiary/aromatic N) is 3. The Kier molecular flexibility index (Phi) is 6.98. The number of para-hydroxylation sites is 1. The Bertz CT molecular complexity index is 1010. The third kappa shape index (κ3) is 6.16. The van der Waals surface area contributed by atoms with Gasteiger partial charge < -0.3 is 20.1 Å². The van der Waals surface area contributed by atoms with Crippen LogP contribution in [0, 0.1) is 11.7 Å². The van der Waals surface area contributed by atoms with E-state index in [2.05, 4.69) is 10.4 Å². The predicted octanol–water partition coefficient (Wildman–Crippen LogP) is 2.95. The molecule has 0 fully saturated rings. The van der Waals surface area contributed by atoms with E-state index in [-0.39, 0.29) is 42.3 Å². The molecule has 1 aliphatic heterocycles. The Morgan fingerprint density at radius 2 is 2.03 bits per heavy atom. The van der Waals surface area contributed by atoms with Crippen molar-refractivity contribution in [1.82, 2.24) is 14.7 Å². The molecule has 0 unspecified atom stereocenters. The minimum Gasteiger partial charge on any atom is -0.457 e. The molecule has 2 heterocycles. The number of amides is 2. The van der Waals surface area contributed by atoms with Crippen LogP contribution in [0.2, 0.25) is 0 Å². The molecular formula is C23H29FN4O4. The van der Waals surface area contributed by atoms with E-state index in [1.807, 2.05) is 13.8 Å². The molecule has 0 saturated carbocycles. The predicted molar refractivity (Wildman–Crippen MR) is 117 cm³/mol. The molecule has 9 heteroatoms. The minimum atomic E-state index is -0.949. The lowest BCUT2D eigenvalue weighted by molar-refractivity contribution is -0.133. The molecule has 3 rings (SSSR count). The molecule has 0 bridgehead atoms. The van der Waals surface area contributed by atoms with Gasteiger partial charge in [0.25, 0.3) is 5.91 Å². The number of aliphatic hydroxyl groups is 1. The van der Waals surface area contributed by atoms with Gasteiger partial charge in [0, 0.05) is 18.3 Å². The highest BCUT2D eigenvalue weighted by molar-refractivity contribution is 5.99. The van der Waals surface area contributed by atoms with E-state index in [0.29, 0.717) is 12.2 Å². The quantitative estimate of drug-likeness (QED) is 0.620. The van der Waals surface area contributed by atoms with E-state index in [1.54, 1.807) is 38.2 Å². The molecule has 2 amide bonds. The van der Waals surface area contributed by atoms with E-state index in [9.17, 15) is 19.1 Å². The summed E-state index contributed by atoms with van der Waals surface area (Å²) in [6.07, 6.45) is 3.38. The van der Waals surface area contributed by atoms with Crippen molar-refractivity contribution >= 4 is 17.6 Å². The smallest absolute Gasteiger partial charge is 0.251 e. The number of nitrogens with one attached hydrogen (secondary N) is 1. The van der Waals surface area contributed by atoms with Crippen molar-refractivity contribution in [3.05, 3.63) is 54.2 Å². The first-order chi connectivity index (χ1) is 15.0. The summed E-state index contributed by atoms with van der Waals surface area (Å²) in [6.45, 7) is 7.58. The highest BCUT2D eigenvalue weighted by Gasteiger charge is 2.35. The summed E-state index contributed by atoms with van der Waals surface area (Å²) >= 11 is 0. The second-order valence-electron chi connectivity index (χ2n) is 8.95. The number of hydrogen-bond donors (Lipinski definition) is 2. The molecule has 1 atom stereocenters. The maximum Gasteiger partial charge on any atom is 0.251 e. The molecule has 1 aromatic carbocycles. The fourth-order valence-electron chi connectivity index (χ4n) is 3.45. The van der Waals surface area contributed by atoms with Gasteiger partial charge in [-0.2, -0.15) is 5.10 Å². The molecule has 32 heavy (non-hydrogen) atoms. The molecular weight excluding hydrogens is 415 g/mol. The zero-order valence-electron chi connectivity index (χ0n) is 18.7. The largest absolute Gasteiger partial charge is 0.457 e. The Balaban J connectivity index is 1.70. The topological polar surface area (TPSA) is 96.7 Å². The Morgan fingerprint density at radius 1 is 1.31 bits per heavy atom. The molecule has 1 aromatic heterocycles. The SMILES string of the molecule is CC(C)C[C@@H](C(=O)Nc1ccn(CC(C)(C)O)n1)N1CC(Oc2ccccc2F)=CC1=O. The first-order valence-electron chi connectivity index (χ1n) is 10.5. The van der Waals surface area contributed by atoms with Crippen molar-refractivity contribution < 1.29 is 23.8 Å². The molecule has 0 saturated heterocycles. The maximum atomic E-state index is 13.9. The standard InChI is InChI=1S/C23H29FN4O4/c1-15(2)11-18(22(30)25-20-9-10-27(26-20)14-23(3,4)31)28-13-16(12-21(28)29)32-19-8-6-5-7-17(19)24/h5-10,12,15,18,31H,11,13-14H2,1-4H3,(H,25,26,30)/t18-/m0/s1. The van der Waals surface area contributed by atoms with Crippen LogP contribution in [0.15, 0.2) is 48.4 Å². The normalized spacial score (nSPS) is 15.2. The highest BCUT2D eigenvalue weighted by Crippen LogP contribution is 2.24. The summed E-state index contributed by atoms with van der Waals surface area (Å²) in [5.41, 5.74) is -0.949. The number of halogens is 1. The molecule has 1 aliphatic rings. The Labute approximate surface area is 186 Å². The second kappa shape index (κ2) is 9.52. The molecule has 8 nitrogen and oxygen atoms in total. The maximum absolute atomic E-state index is 13.9. The molecule has 0 radical (unpaired) electrons. The van der Waals surface area contributed by atoms with Gasteiger partial charge in [-0.15, -0.1) is 0 Å². The van der Waals surface area contributed by atoms with Crippen LogP contribution in [0.5, 0.6) is 5.75 Å². The lowest BCUT2D eigenvalue weighted by Gasteiger charge is -2.28. The lowest BCUT2D eigenvalue weighted by Crippen LogP contribution is -2.46. The highest BCUT2D eigenvalue weighted by atomic mass is 19.1. The van der Waals surface area contributed by atoms with Crippen LogP contribution in [-0.2, 0) is 16.1 Å². The first kappa shape index (κ1) is 23.5. The molecule has 0 aliphatic carbocycles. The van der Waals surface area contributed by atoms with Gasteiger partial charge in [-0.25, -0.2) is 4.39 Å². The summed E-state index contributed by atoms with van der Waals surface area (Å²) < 4.78 is 21.0. The van der Waals surface area contributed by atoms with Crippen LogP contribution in [0.25, 0.3) is 0 Å². The number of anilines is 1. The van der Waals surface area contributed by atoms with Crippen molar-refractivity contribution in [1.29, 1.82) is 0 Å². The molecule has 2 aromatic rings. The lowest BCUT2D eigenvalue weighted by atomic mass is 10.0. The average molecular weight is 445 g/mol. The van der Waals surface area contributed by atoms with Crippen LogP contribution < -0.4 is 10.1 Å². The number of carbonyl (C=O) groups is 2. The summed E-state index contributed by atoms with van der Waals surface area (Å²) in [7, 11) is 0. The van der Waals surface area contributed by atoms with E-state index in [4.69, 9.17) is 4.74 Å². The number of rotatable bonds is 9. The number of aromatic nitrogens is 2. The zero-order chi connectivity index (χ0) is 23.5. The summed E-state index contributed by atoms with van der Waals surface area (Å²) in [4.78, 5) is 27.1. The van der Waals surface area contributed by atoms with Gasteiger partial charge >= 0.3 is 0 Å². The van der Waals surface area contributed by atoms with Gasteiger partial charge in [0.05, 0.1) is 18.7 Å². The third-order valence-electron chi connectivity index (χ3n) is 4.79. The van der Waals surface area contributed by atoms with E-state index < -0.39 is 17.5 Å². The van der Waals surface area contributed by atoms with Gasteiger partial charge in [0.1, 0.15) is 11.8 Å². The molecule has 0 spiro atoms. The van der Waals surface area contributed by atoms with Crippen LogP contribution in [-0.4, -0.2) is 49.8 Å². The zero-order valence-corrected chi connectivity index (χ0v) is 18.7. The molecule has 172 valence electrons. The fourth-order valence-corrected chi connectivity index (χ4v) is 3.45. The number of benzene rings is 1. The van der Waals surface area contributed by atoms with Crippen molar-refractivity contribution in [3.63, 3.8) is 0 Å². The molecule has 2 N–H and O–H groups in total. The summed E-state index contributed by atoms with van der Waals surface area (Å²) in [5.74, 6) is -0.506. The van der Waals surface area contributed by atoms with Gasteiger partial charge in [0.15, 0.2) is 17.4 Å². The van der Waals surface area contributed by atoms with Gasteiger partial charge in [-0.05, 0) is 38.3 Å². The summed E-state index contributed by atoms with van der Waals surface area (Å²) in [5, 5.41) is 17.0. The van der Waals surface area contributed by atoms with Crippen molar-refractivity contribution in [2.24, 2.45) is 5.92 Å². The number of hydrogen-bond acceptors (Lipinski definition) is 5. The Hall–Kier alpha value is -3.20. The van der Waals surface area contributed by atoms with Crippen molar-refractivity contribution in [2.45, 2.75) is 52.3 Å². The van der Waals surface area contributed by atoms with Crippen LogP contribution >= 0.6 is 0 Å². The Morgan fingerprint density at radius 3 is 2.69 bits per heavy atom. The minimum absolute atomic E-state index is 0.0237. The summed E-state index contributed by atoms with van der Waals surface area (Å²) in [6, 6.07) is 6.82. The van der Waals surface area contributed by atoms with Crippen LogP contribution in [0.4, 0.5) is 10.2 Å². The third-order valence-corrected chi connectivity index (χ3v) is 4.79. The number of ether oxygens (including phenoxy) is 1. The van der Waals surface area contributed by atoms with E-state index in [0.717, 1.165) is 0 Å². The number of carbonyl (C=O) groups excluding carboxylic acids is 2. The monoisotopic (exact) mass is 444 g/mol. The fraction of sp³-hybridized carbons (Fsp3) is 0.435. The average Bonchev–Trinajstić information content (AvgIpc) is 3.26. The van der Waals surface area contributed by atoms with E-state index in [1.165, 1.54) is 27.8 Å². The van der Waals surface area contributed by atoms with Gasteiger partial charge in [-0.1, -0.05) is 26.0 Å². The first-order valence-corrected chi connectivity index (χ1v) is 10.5. The second-order valence-corrected chi connectivity index (χ2v) is 8.95. The van der Waals surface area contributed by atoms with E-state index >= 15 is 0 Å². The van der Waals surface area contributed by atoms with Gasteiger partial charge in [-0.3, -0.25) is 14.3 Å². The van der Waals surface area contributed by atoms with Crippen molar-refractivity contribution in [2.75, 3.05) is 11.9 Å². The van der Waals surface area contributed by atoms with Gasteiger partial charge in [0.2, 0.25) is 5.91 Å². The van der Waals surface area contributed by atoms with Crippen LogP contribution in [0.1, 0.15) is 34.1 Å². The van der Waals surface area contributed by atoms with Crippen LogP contribution in [0.3, 0.4) is 0 Å².